The fourth-order valence-corrected chi connectivity index (χ4v) is 3.75. The first-order valence-corrected chi connectivity index (χ1v) is 9.40. The third kappa shape index (κ3) is 5.58. The van der Waals surface area contributed by atoms with Gasteiger partial charge in [0, 0.05) is 19.1 Å². The third-order valence-corrected chi connectivity index (χ3v) is 5.34. The molecule has 1 aromatic carbocycles. The molecule has 146 valence electrons. The highest BCUT2D eigenvalue weighted by Crippen LogP contribution is 2.24. The maximum atomic E-state index is 12.2. The minimum atomic E-state index is -4.86. The molecule has 2 rings (SSSR count). The third-order valence-electron chi connectivity index (χ3n) is 3.92. The average Bonchev–Trinajstić information content (AvgIpc) is 3.00. The lowest BCUT2D eigenvalue weighted by Crippen LogP contribution is -2.45. The molecular weight excluding hydrogens is 375 g/mol. The Morgan fingerprint density at radius 3 is 2.54 bits per heavy atom. The number of amides is 1. The molecule has 2 N–H and O–H groups in total. The SMILES string of the molecule is CNCC1CCCN1C(=O)CNS(=O)(=O)c1ccc(OC(F)(F)F)cc1. The summed E-state index contributed by atoms with van der Waals surface area (Å²) in [5.74, 6) is -0.872. The Balaban J connectivity index is 1.97. The Morgan fingerprint density at radius 2 is 1.96 bits per heavy atom. The van der Waals surface area contributed by atoms with Crippen LogP contribution in [0.3, 0.4) is 0 Å². The van der Waals surface area contributed by atoms with Gasteiger partial charge >= 0.3 is 6.36 Å². The fraction of sp³-hybridized carbons (Fsp3) is 0.533. The first-order chi connectivity index (χ1) is 12.1. The van der Waals surface area contributed by atoms with Gasteiger partial charge in [-0.25, -0.2) is 13.1 Å². The van der Waals surface area contributed by atoms with Crippen LogP contribution in [0.4, 0.5) is 13.2 Å². The molecule has 1 heterocycles. The first kappa shape index (κ1) is 20.5. The zero-order chi connectivity index (χ0) is 19.4. The van der Waals surface area contributed by atoms with E-state index < -0.39 is 28.7 Å². The summed E-state index contributed by atoms with van der Waals surface area (Å²) in [5.41, 5.74) is 0. The van der Waals surface area contributed by atoms with E-state index >= 15 is 0 Å². The summed E-state index contributed by atoms with van der Waals surface area (Å²) in [6.45, 7) is 0.777. The van der Waals surface area contributed by atoms with Gasteiger partial charge in [-0.1, -0.05) is 0 Å². The molecule has 1 aromatic rings. The van der Waals surface area contributed by atoms with Gasteiger partial charge in [-0.15, -0.1) is 13.2 Å². The number of halogens is 3. The van der Waals surface area contributed by atoms with Crippen LogP contribution in [-0.2, 0) is 14.8 Å². The van der Waals surface area contributed by atoms with Gasteiger partial charge < -0.3 is 15.0 Å². The second-order valence-electron chi connectivity index (χ2n) is 5.78. The number of carbonyl (C=O) groups is 1. The summed E-state index contributed by atoms with van der Waals surface area (Å²) in [5, 5.41) is 2.99. The van der Waals surface area contributed by atoms with Crippen molar-refractivity contribution in [2.75, 3.05) is 26.7 Å². The summed E-state index contributed by atoms with van der Waals surface area (Å²) in [6, 6.07) is 3.78. The summed E-state index contributed by atoms with van der Waals surface area (Å²) in [4.78, 5) is 13.6. The standard InChI is InChI=1S/C15H20F3N3O4S/c1-19-9-11-3-2-8-21(11)14(22)10-20-26(23,24)13-6-4-12(5-7-13)25-15(16,17)18/h4-7,11,19-20H,2-3,8-10H2,1H3. The molecule has 1 amide bonds. The molecule has 0 saturated carbocycles. The molecule has 1 aliphatic heterocycles. The smallest absolute Gasteiger partial charge is 0.406 e. The average molecular weight is 395 g/mol. The van der Waals surface area contributed by atoms with Gasteiger partial charge in [-0.05, 0) is 44.2 Å². The molecule has 0 spiro atoms. The topological polar surface area (TPSA) is 87.7 Å². The van der Waals surface area contributed by atoms with Crippen LogP contribution >= 0.6 is 0 Å². The molecule has 0 radical (unpaired) electrons. The monoisotopic (exact) mass is 395 g/mol. The molecule has 26 heavy (non-hydrogen) atoms. The van der Waals surface area contributed by atoms with Gasteiger partial charge in [-0.3, -0.25) is 4.79 Å². The number of likely N-dealkylation sites (N-methyl/N-ethyl adjacent to an activating group) is 1. The maximum absolute atomic E-state index is 12.2. The van der Waals surface area contributed by atoms with Crippen molar-refractivity contribution in [2.45, 2.75) is 30.1 Å². The lowest BCUT2D eigenvalue weighted by molar-refractivity contribution is -0.274. The van der Waals surface area contributed by atoms with Crippen molar-refractivity contribution in [1.29, 1.82) is 0 Å². The number of alkyl halides is 3. The minimum Gasteiger partial charge on any atom is -0.406 e. The summed E-state index contributed by atoms with van der Waals surface area (Å²) in [7, 11) is -2.25. The highest BCUT2D eigenvalue weighted by molar-refractivity contribution is 7.89. The van der Waals surface area contributed by atoms with Crippen LogP contribution in [0.5, 0.6) is 5.75 Å². The minimum absolute atomic E-state index is 0.0239. The van der Waals surface area contributed by atoms with E-state index in [9.17, 15) is 26.4 Å². The van der Waals surface area contributed by atoms with Crippen molar-refractivity contribution in [3.8, 4) is 5.75 Å². The quantitative estimate of drug-likeness (QED) is 0.721. The number of ether oxygens (including phenoxy) is 1. The predicted molar refractivity (Wildman–Crippen MR) is 87.0 cm³/mol. The van der Waals surface area contributed by atoms with Gasteiger partial charge in [0.05, 0.1) is 11.4 Å². The Morgan fingerprint density at radius 1 is 1.31 bits per heavy atom. The molecule has 1 atom stereocenters. The number of nitrogens with one attached hydrogen (secondary N) is 2. The maximum Gasteiger partial charge on any atom is 0.573 e. The van der Waals surface area contributed by atoms with E-state index in [1.165, 1.54) is 0 Å². The Bertz CT molecular complexity index is 723. The van der Waals surface area contributed by atoms with Crippen LogP contribution < -0.4 is 14.8 Å². The molecule has 0 aromatic heterocycles. The summed E-state index contributed by atoms with van der Waals surface area (Å²) >= 11 is 0. The van der Waals surface area contributed by atoms with Crippen molar-refractivity contribution < 1.29 is 31.1 Å². The Kier molecular flexibility index (Phi) is 6.48. The van der Waals surface area contributed by atoms with Crippen LogP contribution in [0.25, 0.3) is 0 Å². The lowest BCUT2D eigenvalue weighted by atomic mass is 10.2. The van der Waals surface area contributed by atoms with Gasteiger partial charge in [-0.2, -0.15) is 0 Å². The number of benzene rings is 1. The number of hydrogen-bond donors (Lipinski definition) is 2. The van der Waals surface area contributed by atoms with Crippen molar-refractivity contribution in [1.82, 2.24) is 14.9 Å². The molecule has 1 unspecified atom stereocenters. The van der Waals surface area contributed by atoms with Crippen molar-refractivity contribution in [3.63, 3.8) is 0 Å². The Hall–Kier alpha value is -1.85. The lowest BCUT2D eigenvalue weighted by Gasteiger charge is -2.24. The number of sulfonamides is 1. The largest absolute Gasteiger partial charge is 0.573 e. The van der Waals surface area contributed by atoms with Crippen LogP contribution in [0.15, 0.2) is 29.2 Å². The van der Waals surface area contributed by atoms with Crippen LogP contribution in [-0.4, -0.2) is 58.3 Å². The van der Waals surface area contributed by atoms with E-state index in [4.69, 9.17) is 0 Å². The number of rotatable bonds is 7. The van der Waals surface area contributed by atoms with Gasteiger partial charge in [0.15, 0.2) is 0 Å². The normalized spacial score (nSPS) is 18.2. The zero-order valence-corrected chi connectivity index (χ0v) is 14.9. The van der Waals surface area contributed by atoms with E-state index in [2.05, 4.69) is 14.8 Å². The van der Waals surface area contributed by atoms with E-state index in [0.717, 1.165) is 37.1 Å². The highest BCUT2D eigenvalue weighted by atomic mass is 32.2. The molecular formula is C15H20F3N3O4S. The van der Waals surface area contributed by atoms with Crippen LogP contribution in [0.1, 0.15) is 12.8 Å². The van der Waals surface area contributed by atoms with Gasteiger partial charge in [0.2, 0.25) is 15.9 Å². The predicted octanol–water partition coefficient (Wildman–Crippen LogP) is 1.07. The van der Waals surface area contributed by atoms with Gasteiger partial charge in [0.1, 0.15) is 5.75 Å². The summed E-state index contributed by atoms with van der Waals surface area (Å²) < 4.78 is 66.6. The van der Waals surface area contributed by atoms with Crippen molar-refractivity contribution in [3.05, 3.63) is 24.3 Å². The van der Waals surface area contributed by atoms with E-state index in [1.54, 1.807) is 11.9 Å². The first-order valence-electron chi connectivity index (χ1n) is 7.92. The number of nitrogens with zero attached hydrogens (tertiary/aromatic N) is 1. The van der Waals surface area contributed by atoms with E-state index in [1.807, 2.05) is 0 Å². The number of carbonyl (C=O) groups excluding carboxylic acids is 1. The molecule has 1 saturated heterocycles. The molecule has 11 heteroatoms. The molecule has 1 fully saturated rings. The zero-order valence-electron chi connectivity index (χ0n) is 14.0. The number of likely N-dealkylation sites (tertiary alicyclic amines) is 1. The van der Waals surface area contributed by atoms with Crippen molar-refractivity contribution >= 4 is 15.9 Å². The summed E-state index contributed by atoms with van der Waals surface area (Å²) in [6.07, 6.45) is -3.16. The number of hydrogen-bond acceptors (Lipinski definition) is 5. The Labute approximate surface area is 149 Å². The molecule has 0 aliphatic carbocycles. The van der Waals surface area contributed by atoms with Crippen molar-refractivity contribution in [2.24, 2.45) is 0 Å². The second-order valence-corrected chi connectivity index (χ2v) is 7.55. The van der Waals surface area contributed by atoms with Crippen LogP contribution in [0.2, 0.25) is 0 Å². The molecule has 7 nitrogen and oxygen atoms in total. The molecule has 1 aliphatic rings. The second kappa shape index (κ2) is 8.23. The molecule has 0 bridgehead atoms. The van der Waals surface area contributed by atoms with Crippen LogP contribution in [0, 0.1) is 0 Å². The van der Waals surface area contributed by atoms with E-state index in [0.29, 0.717) is 13.1 Å². The van der Waals surface area contributed by atoms with E-state index in [-0.39, 0.29) is 16.8 Å². The van der Waals surface area contributed by atoms with Gasteiger partial charge in [0.25, 0.3) is 0 Å². The fourth-order valence-electron chi connectivity index (χ4n) is 2.77. The highest BCUT2D eigenvalue weighted by Gasteiger charge is 2.31.